The first-order chi connectivity index (χ1) is 14.2. The third-order valence-electron chi connectivity index (χ3n) is 4.43. The van der Waals surface area contributed by atoms with Crippen LogP contribution in [0.3, 0.4) is 0 Å². The van der Waals surface area contributed by atoms with Gasteiger partial charge in [0, 0.05) is 23.9 Å². The van der Waals surface area contributed by atoms with E-state index in [-0.39, 0.29) is 10.8 Å². The van der Waals surface area contributed by atoms with Crippen molar-refractivity contribution in [1.29, 1.82) is 0 Å². The molecule has 0 amide bonds. The number of nitrogens with zero attached hydrogens (tertiary/aromatic N) is 3. The Labute approximate surface area is 176 Å². The van der Waals surface area contributed by atoms with Crippen LogP contribution in [0.15, 0.2) is 41.3 Å². The summed E-state index contributed by atoms with van der Waals surface area (Å²) in [4.78, 5) is 13.3. The predicted octanol–water partition coefficient (Wildman–Crippen LogP) is 2.97. The van der Waals surface area contributed by atoms with E-state index in [9.17, 15) is 8.42 Å². The van der Waals surface area contributed by atoms with Gasteiger partial charge in [0.2, 0.25) is 5.95 Å². The molecule has 3 N–H and O–H groups in total. The number of nitrogens with one attached hydrogen (secondary N) is 1. The van der Waals surface area contributed by atoms with Crippen molar-refractivity contribution in [3.8, 4) is 23.1 Å². The van der Waals surface area contributed by atoms with Gasteiger partial charge in [0.25, 0.3) is 0 Å². The number of hydrogen-bond acceptors (Lipinski definition) is 7. The molecule has 0 atom stereocenters. The molecule has 0 bridgehead atoms. The Kier molecular flexibility index (Phi) is 6.04. The summed E-state index contributed by atoms with van der Waals surface area (Å²) in [6, 6.07) is 10.3. The number of aryl methyl sites for hydroxylation is 2. The van der Waals surface area contributed by atoms with Crippen LogP contribution in [0.1, 0.15) is 29.4 Å². The molecule has 2 heterocycles. The molecule has 3 rings (SSSR count). The summed E-state index contributed by atoms with van der Waals surface area (Å²) >= 11 is 0. The summed E-state index contributed by atoms with van der Waals surface area (Å²) in [5.41, 5.74) is 10.0. The Morgan fingerprint density at radius 2 is 1.67 bits per heavy atom. The van der Waals surface area contributed by atoms with Gasteiger partial charge in [-0.05, 0) is 45.0 Å². The normalized spacial score (nSPS) is 10.9. The molecule has 0 saturated carbocycles. The molecule has 30 heavy (non-hydrogen) atoms. The fourth-order valence-electron chi connectivity index (χ4n) is 2.92. The first-order valence-corrected chi connectivity index (χ1v) is 11.3. The number of aromatic nitrogens is 3. The van der Waals surface area contributed by atoms with Crippen molar-refractivity contribution in [3.05, 3.63) is 58.9 Å². The summed E-state index contributed by atoms with van der Waals surface area (Å²) in [6.45, 7) is 6.53. The maximum Gasteiger partial charge on any atom is 0.220 e. The highest BCUT2D eigenvalue weighted by Gasteiger charge is 2.13. The molecule has 154 valence electrons. The van der Waals surface area contributed by atoms with E-state index in [1.807, 2.05) is 32.9 Å². The zero-order valence-electron chi connectivity index (χ0n) is 17.3. The van der Waals surface area contributed by atoms with Gasteiger partial charge in [-0.15, -0.1) is 0 Å². The van der Waals surface area contributed by atoms with Crippen molar-refractivity contribution in [2.45, 2.75) is 25.7 Å². The second kappa shape index (κ2) is 8.51. The number of nitrogens with two attached hydrogens (primary N) is 1. The predicted molar refractivity (Wildman–Crippen MR) is 119 cm³/mol. The molecule has 2 aromatic heterocycles. The number of hydrogen-bond donors (Lipinski definition) is 2. The molecule has 0 aliphatic heterocycles. The van der Waals surface area contributed by atoms with Gasteiger partial charge in [0.15, 0.2) is 9.84 Å². The monoisotopic (exact) mass is 421 g/mol. The average molecular weight is 422 g/mol. The van der Waals surface area contributed by atoms with E-state index >= 15 is 0 Å². The lowest BCUT2D eigenvalue weighted by Gasteiger charge is -2.09. The van der Waals surface area contributed by atoms with Gasteiger partial charge in [-0.25, -0.2) is 23.4 Å². The molecular weight excluding hydrogens is 398 g/mol. The van der Waals surface area contributed by atoms with Gasteiger partial charge < -0.3 is 11.1 Å². The summed E-state index contributed by atoms with van der Waals surface area (Å²) in [5, 5.41) is 3.17. The fourth-order valence-corrected chi connectivity index (χ4v) is 3.55. The zero-order chi connectivity index (χ0) is 21.9. The van der Waals surface area contributed by atoms with Crippen LogP contribution in [-0.4, -0.2) is 36.2 Å². The number of nitrogen functional groups attached to an aromatic ring is 1. The average Bonchev–Trinajstić information content (AvgIpc) is 2.68. The second-order valence-electron chi connectivity index (χ2n) is 6.80. The quantitative estimate of drug-likeness (QED) is 0.623. The van der Waals surface area contributed by atoms with Crippen molar-refractivity contribution in [3.63, 3.8) is 0 Å². The number of benzene rings is 1. The van der Waals surface area contributed by atoms with Gasteiger partial charge in [0.1, 0.15) is 5.82 Å². The minimum absolute atomic E-state index is 0.132. The Morgan fingerprint density at radius 3 is 2.27 bits per heavy atom. The SMILES string of the molecule is CCNc1ccc(C#Cc2c(C)nc(N)nc2-c2ccc(S(C)(=O)=O)cc2)c(C)n1. The molecule has 1 aromatic carbocycles. The van der Waals surface area contributed by atoms with Crippen molar-refractivity contribution >= 4 is 21.6 Å². The molecule has 8 heteroatoms. The summed E-state index contributed by atoms with van der Waals surface area (Å²) in [6.07, 6.45) is 1.17. The number of sulfone groups is 1. The largest absolute Gasteiger partial charge is 0.370 e. The van der Waals surface area contributed by atoms with Gasteiger partial charge in [-0.2, -0.15) is 0 Å². The van der Waals surface area contributed by atoms with E-state index in [0.717, 1.165) is 23.6 Å². The second-order valence-corrected chi connectivity index (χ2v) is 8.81. The Morgan fingerprint density at radius 1 is 0.967 bits per heavy atom. The third kappa shape index (κ3) is 4.75. The number of anilines is 2. The maximum absolute atomic E-state index is 11.7. The highest BCUT2D eigenvalue weighted by atomic mass is 32.2. The van der Waals surface area contributed by atoms with E-state index in [1.165, 1.54) is 6.26 Å². The van der Waals surface area contributed by atoms with E-state index in [4.69, 9.17) is 5.73 Å². The molecule has 0 fully saturated rings. The van der Waals surface area contributed by atoms with Crippen LogP contribution in [0.25, 0.3) is 11.3 Å². The molecule has 3 aromatic rings. The smallest absolute Gasteiger partial charge is 0.220 e. The molecule has 0 aliphatic carbocycles. The molecule has 7 nitrogen and oxygen atoms in total. The molecule has 0 saturated heterocycles. The minimum Gasteiger partial charge on any atom is -0.370 e. The standard InChI is InChI=1S/C22H23N5O2S/c1-5-24-20-13-9-16(14(2)25-20)8-12-19-15(3)26-22(23)27-21(19)17-6-10-18(11-7-17)30(4,28)29/h6-7,9-11,13H,5H2,1-4H3,(H,24,25)(H2,23,26,27). The molecular formula is C22H23N5O2S. The van der Waals surface area contributed by atoms with Gasteiger partial charge in [0.05, 0.1) is 27.5 Å². The van der Waals surface area contributed by atoms with Crippen molar-refractivity contribution in [1.82, 2.24) is 15.0 Å². The highest BCUT2D eigenvalue weighted by Crippen LogP contribution is 2.25. The first kappa shape index (κ1) is 21.3. The number of rotatable bonds is 4. The van der Waals surface area contributed by atoms with Gasteiger partial charge in [-0.3, -0.25) is 0 Å². The topological polar surface area (TPSA) is 111 Å². The van der Waals surface area contributed by atoms with Crippen LogP contribution in [0.2, 0.25) is 0 Å². The van der Waals surface area contributed by atoms with E-state index < -0.39 is 9.84 Å². The first-order valence-electron chi connectivity index (χ1n) is 9.37. The maximum atomic E-state index is 11.7. The van der Waals surface area contributed by atoms with Crippen LogP contribution >= 0.6 is 0 Å². The summed E-state index contributed by atoms with van der Waals surface area (Å²) < 4.78 is 23.5. The summed E-state index contributed by atoms with van der Waals surface area (Å²) in [5.74, 6) is 7.24. The van der Waals surface area contributed by atoms with E-state index in [0.29, 0.717) is 22.5 Å². The molecule has 0 unspecified atom stereocenters. The molecule has 0 radical (unpaired) electrons. The summed E-state index contributed by atoms with van der Waals surface area (Å²) in [7, 11) is -3.28. The van der Waals surface area contributed by atoms with Crippen LogP contribution in [0, 0.1) is 25.7 Å². The Hall–Kier alpha value is -3.44. The lowest BCUT2D eigenvalue weighted by atomic mass is 10.0. The fraction of sp³-hybridized carbons (Fsp3) is 0.227. The lowest BCUT2D eigenvalue weighted by molar-refractivity contribution is 0.602. The van der Waals surface area contributed by atoms with E-state index in [1.54, 1.807) is 24.3 Å². The molecule has 0 aliphatic rings. The van der Waals surface area contributed by atoms with Crippen molar-refractivity contribution in [2.24, 2.45) is 0 Å². The zero-order valence-corrected chi connectivity index (χ0v) is 18.1. The van der Waals surface area contributed by atoms with Crippen LogP contribution < -0.4 is 11.1 Å². The Bertz CT molecular complexity index is 1260. The van der Waals surface area contributed by atoms with E-state index in [2.05, 4.69) is 32.1 Å². The van der Waals surface area contributed by atoms with Crippen LogP contribution in [-0.2, 0) is 9.84 Å². The van der Waals surface area contributed by atoms with Crippen molar-refractivity contribution in [2.75, 3.05) is 23.9 Å². The van der Waals surface area contributed by atoms with Crippen molar-refractivity contribution < 1.29 is 8.42 Å². The van der Waals surface area contributed by atoms with Gasteiger partial charge in [-0.1, -0.05) is 24.0 Å². The third-order valence-corrected chi connectivity index (χ3v) is 5.56. The lowest BCUT2D eigenvalue weighted by Crippen LogP contribution is -2.03. The van der Waals surface area contributed by atoms with Gasteiger partial charge >= 0.3 is 0 Å². The van der Waals surface area contributed by atoms with Crippen LogP contribution in [0.4, 0.5) is 11.8 Å². The molecule has 0 spiro atoms. The van der Waals surface area contributed by atoms with Crippen LogP contribution in [0.5, 0.6) is 0 Å². The Balaban J connectivity index is 2.07. The number of pyridine rings is 1. The highest BCUT2D eigenvalue weighted by molar-refractivity contribution is 7.90. The minimum atomic E-state index is -3.28.